The molecular weight excluding hydrogens is 683 g/mol. The van der Waals surface area contributed by atoms with Gasteiger partial charge in [-0.1, -0.05) is 13.8 Å². The first-order valence-electron chi connectivity index (χ1n) is 17.6. The maximum Gasteiger partial charge on any atom is 0.144 e. The summed E-state index contributed by atoms with van der Waals surface area (Å²) in [5.41, 5.74) is 9.52. The summed E-state index contributed by atoms with van der Waals surface area (Å²) < 4.78 is 34.6. The number of nitrogens with zero attached hydrogens (tertiary/aromatic N) is 10. The van der Waals surface area contributed by atoms with Crippen LogP contribution in [0.3, 0.4) is 0 Å². The minimum atomic E-state index is -0.279. The number of halogens is 2. The molecule has 10 nitrogen and oxygen atoms in total. The van der Waals surface area contributed by atoms with Crippen molar-refractivity contribution in [2.45, 2.75) is 45.7 Å². The summed E-state index contributed by atoms with van der Waals surface area (Å²) in [7, 11) is 0. The van der Waals surface area contributed by atoms with Crippen molar-refractivity contribution < 1.29 is 8.78 Å². The van der Waals surface area contributed by atoms with Gasteiger partial charge in [0.25, 0.3) is 0 Å². The number of hydrogen-bond donors (Lipinski definition) is 0. The van der Waals surface area contributed by atoms with Gasteiger partial charge in [0.05, 0.1) is 47.8 Å². The van der Waals surface area contributed by atoms with Crippen LogP contribution in [0.25, 0.3) is 56.3 Å². The number of rotatable bonds is 7. The van der Waals surface area contributed by atoms with Gasteiger partial charge in [0.15, 0.2) is 0 Å². The molecule has 0 saturated heterocycles. The first kappa shape index (κ1) is 34.2. The Morgan fingerprint density at radius 1 is 0.611 bits per heavy atom. The van der Waals surface area contributed by atoms with Crippen LogP contribution in [-0.4, -0.2) is 37.9 Å². The van der Waals surface area contributed by atoms with E-state index in [0.29, 0.717) is 29.0 Å². The molecule has 2 aromatic carbocycles. The minimum absolute atomic E-state index is 0.214. The highest BCUT2D eigenvalue weighted by atomic mass is 19.1. The second-order valence-electron chi connectivity index (χ2n) is 13.7. The Kier molecular flexibility index (Phi) is 8.80. The van der Waals surface area contributed by atoms with Gasteiger partial charge in [0.1, 0.15) is 46.5 Å². The van der Waals surface area contributed by atoms with Crippen LogP contribution in [-0.2, 0) is 0 Å². The van der Waals surface area contributed by atoms with Crippen LogP contribution in [0.1, 0.15) is 57.1 Å². The van der Waals surface area contributed by atoms with Gasteiger partial charge in [-0.3, -0.25) is 8.80 Å². The fourth-order valence-electron chi connectivity index (χ4n) is 6.60. The molecule has 1 saturated carbocycles. The summed E-state index contributed by atoms with van der Waals surface area (Å²) in [6.07, 6.45) is 12.9. The zero-order valence-corrected chi connectivity index (χ0v) is 29.8. The van der Waals surface area contributed by atoms with E-state index in [0.717, 1.165) is 63.5 Å². The number of imidazole rings is 4. The van der Waals surface area contributed by atoms with E-state index in [9.17, 15) is 19.3 Å². The van der Waals surface area contributed by atoms with Crippen molar-refractivity contribution in [3.05, 3.63) is 133 Å². The normalized spacial score (nSPS) is 13.1. The quantitative estimate of drug-likeness (QED) is 0.162. The van der Waals surface area contributed by atoms with Crippen LogP contribution < -0.4 is 0 Å². The van der Waals surface area contributed by atoms with E-state index >= 15 is 0 Å². The molecule has 0 radical (unpaired) electrons. The Morgan fingerprint density at radius 2 is 1.07 bits per heavy atom. The maximum absolute atomic E-state index is 13.4. The lowest BCUT2D eigenvalue weighted by molar-refractivity contribution is 0.411. The van der Waals surface area contributed by atoms with E-state index in [-0.39, 0.29) is 17.7 Å². The van der Waals surface area contributed by atoms with E-state index in [4.69, 9.17) is 0 Å². The van der Waals surface area contributed by atoms with E-state index in [1.54, 1.807) is 45.5 Å². The molecule has 0 amide bonds. The van der Waals surface area contributed by atoms with Gasteiger partial charge in [0.2, 0.25) is 0 Å². The largest absolute Gasteiger partial charge is 0.327 e. The third-order valence-corrected chi connectivity index (χ3v) is 9.95. The second kappa shape index (κ2) is 13.9. The van der Waals surface area contributed by atoms with Crippen molar-refractivity contribution in [3.63, 3.8) is 0 Å². The molecule has 9 rings (SSSR count). The molecule has 1 fully saturated rings. The van der Waals surface area contributed by atoms with E-state index < -0.39 is 0 Å². The van der Waals surface area contributed by atoms with Crippen molar-refractivity contribution in [2.75, 3.05) is 0 Å². The number of hydrogen-bond acceptors (Lipinski definition) is 6. The highest BCUT2D eigenvalue weighted by molar-refractivity contribution is 5.80. The third-order valence-electron chi connectivity index (χ3n) is 9.95. The summed E-state index contributed by atoms with van der Waals surface area (Å²) in [6, 6.07) is 25.5. The standard InChI is InChI=1S/C22H20FN5.C20H14FN5/c1-14(2)15(3)28-13-26-21(16-4-7-18(23)8-5-16)22(28)17-6-9-20-25-11-19(10-24)27(20)12-17;21-15-4-1-13(2-5-15)19-20(26(12-24-19)16-6-7-16)14-3-8-18-23-10-17(9-22)25(18)11-14/h4-9,11-15H,1-3H3;1-5,8,10-12,16H,6-7H2. The van der Waals surface area contributed by atoms with Gasteiger partial charge in [-0.05, 0) is 98.5 Å². The van der Waals surface area contributed by atoms with Gasteiger partial charge in [-0.15, -0.1) is 0 Å². The van der Waals surface area contributed by atoms with Crippen LogP contribution in [0.15, 0.2) is 110 Å². The second-order valence-corrected chi connectivity index (χ2v) is 13.7. The number of nitriles is 2. The number of benzene rings is 2. The zero-order valence-electron chi connectivity index (χ0n) is 29.8. The first-order valence-corrected chi connectivity index (χ1v) is 17.6. The summed E-state index contributed by atoms with van der Waals surface area (Å²) in [5, 5.41) is 18.6. The molecule has 1 unspecified atom stereocenters. The average Bonchev–Trinajstić information content (AvgIpc) is 3.51. The average molecular weight is 717 g/mol. The summed E-state index contributed by atoms with van der Waals surface area (Å²) in [6.45, 7) is 6.48. The SMILES string of the molecule is CC(C)C(C)n1cnc(-c2ccc(F)cc2)c1-c1ccc2ncc(C#N)n2c1.N#Cc1cnc2ccc(-c3c(-c4ccc(F)cc4)ncn3C3CC3)cn12. The van der Waals surface area contributed by atoms with Crippen molar-refractivity contribution in [1.29, 1.82) is 10.5 Å². The third kappa shape index (κ3) is 6.28. The number of fused-ring (bicyclic) bond motifs is 2. The maximum atomic E-state index is 13.4. The molecule has 1 aliphatic carbocycles. The highest BCUT2D eigenvalue weighted by Gasteiger charge is 2.28. The van der Waals surface area contributed by atoms with Gasteiger partial charge in [-0.2, -0.15) is 10.5 Å². The van der Waals surface area contributed by atoms with E-state index in [1.165, 1.54) is 24.3 Å². The molecule has 12 heteroatoms. The fraction of sp³-hybridized carbons (Fsp3) is 0.190. The van der Waals surface area contributed by atoms with Gasteiger partial charge in [0, 0.05) is 46.7 Å². The molecule has 8 aromatic rings. The summed E-state index contributed by atoms with van der Waals surface area (Å²) in [4.78, 5) is 17.8. The lowest BCUT2D eigenvalue weighted by Crippen LogP contribution is -2.12. The molecule has 1 aliphatic rings. The lowest BCUT2D eigenvalue weighted by atomic mass is 10.0. The molecule has 0 spiro atoms. The molecule has 266 valence electrons. The Hall–Kier alpha value is -6.92. The molecule has 0 bridgehead atoms. The van der Waals surface area contributed by atoms with E-state index in [2.05, 4.69) is 62.0 Å². The first-order chi connectivity index (χ1) is 26.2. The minimum Gasteiger partial charge on any atom is -0.327 e. The topological polar surface area (TPSA) is 118 Å². The Labute approximate surface area is 309 Å². The van der Waals surface area contributed by atoms with Crippen LogP contribution in [0, 0.1) is 40.2 Å². The van der Waals surface area contributed by atoms with E-state index in [1.807, 2.05) is 49.3 Å². The van der Waals surface area contributed by atoms with Gasteiger partial charge >= 0.3 is 0 Å². The predicted molar refractivity (Wildman–Crippen MR) is 201 cm³/mol. The lowest BCUT2D eigenvalue weighted by Gasteiger charge is -2.21. The monoisotopic (exact) mass is 716 g/mol. The summed E-state index contributed by atoms with van der Waals surface area (Å²) >= 11 is 0. The molecule has 54 heavy (non-hydrogen) atoms. The molecule has 0 N–H and O–H groups in total. The molecular formula is C42H34F2N10. The Balaban J connectivity index is 0.000000153. The number of pyridine rings is 2. The molecule has 1 atom stereocenters. The molecule has 0 aliphatic heterocycles. The highest BCUT2D eigenvalue weighted by Crippen LogP contribution is 2.42. The van der Waals surface area contributed by atoms with Crippen LogP contribution in [0.5, 0.6) is 0 Å². The van der Waals surface area contributed by atoms with Gasteiger partial charge < -0.3 is 9.13 Å². The van der Waals surface area contributed by atoms with Crippen molar-refractivity contribution in [2.24, 2.45) is 5.92 Å². The van der Waals surface area contributed by atoms with Crippen LogP contribution >= 0.6 is 0 Å². The molecule has 6 aromatic heterocycles. The molecule has 6 heterocycles. The van der Waals surface area contributed by atoms with Crippen LogP contribution in [0.2, 0.25) is 0 Å². The van der Waals surface area contributed by atoms with Crippen molar-refractivity contribution >= 4 is 11.3 Å². The van der Waals surface area contributed by atoms with Gasteiger partial charge in [-0.25, -0.2) is 28.7 Å². The predicted octanol–water partition coefficient (Wildman–Crippen LogP) is 9.30. The van der Waals surface area contributed by atoms with Crippen LogP contribution in [0.4, 0.5) is 8.78 Å². The van der Waals surface area contributed by atoms with Crippen molar-refractivity contribution in [1.82, 2.24) is 37.9 Å². The van der Waals surface area contributed by atoms with Crippen molar-refractivity contribution in [3.8, 4) is 57.2 Å². The fourth-order valence-corrected chi connectivity index (χ4v) is 6.60. The number of aromatic nitrogens is 8. The summed E-state index contributed by atoms with van der Waals surface area (Å²) in [5.74, 6) is -0.144. The smallest absolute Gasteiger partial charge is 0.144 e. The Bertz CT molecular complexity index is 2710. The zero-order chi connectivity index (χ0) is 37.5. The Morgan fingerprint density at radius 3 is 1.56 bits per heavy atom.